The van der Waals surface area contributed by atoms with Crippen molar-refractivity contribution in [2.24, 2.45) is 5.92 Å². The first-order valence-corrected chi connectivity index (χ1v) is 8.13. The van der Waals surface area contributed by atoms with Gasteiger partial charge in [0.1, 0.15) is 5.01 Å². The van der Waals surface area contributed by atoms with Crippen molar-refractivity contribution in [3.63, 3.8) is 0 Å². The molecule has 2 aromatic rings. The zero-order chi connectivity index (χ0) is 12.7. The van der Waals surface area contributed by atoms with Crippen LogP contribution in [0.4, 0.5) is 0 Å². The molecule has 5 nitrogen and oxygen atoms in total. The van der Waals surface area contributed by atoms with Crippen LogP contribution in [0.1, 0.15) is 48.9 Å². The molecule has 1 saturated carbocycles. The molecule has 0 amide bonds. The summed E-state index contributed by atoms with van der Waals surface area (Å²) in [6, 6.07) is 0. The average Bonchev–Trinajstić information content (AvgIpc) is 2.90. The van der Waals surface area contributed by atoms with E-state index in [1.165, 1.54) is 37.1 Å². The minimum absolute atomic E-state index is 0.601. The number of nitrogens with one attached hydrogen (secondary N) is 1. The highest BCUT2D eigenvalue weighted by molar-refractivity contribution is 7.16. The molecule has 6 heteroatoms. The third-order valence-electron chi connectivity index (χ3n) is 4.45. The number of rotatable bonds is 3. The van der Waals surface area contributed by atoms with E-state index in [9.17, 15) is 0 Å². The first-order chi connectivity index (χ1) is 9.40. The van der Waals surface area contributed by atoms with E-state index in [4.69, 9.17) is 5.10 Å². The topological polar surface area (TPSA) is 55.1 Å². The Morgan fingerprint density at radius 3 is 2.74 bits per heavy atom. The zero-order valence-electron chi connectivity index (χ0n) is 11.0. The van der Waals surface area contributed by atoms with Gasteiger partial charge in [0.15, 0.2) is 5.82 Å². The molecule has 1 N–H and O–H groups in total. The van der Waals surface area contributed by atoms with Gasteiger partial charge in [0.25, 0.3) is 0 Å². The molecule has 0 radical (unpaired) electrons. The SMILES string of the molecule is C1CC(c2nnc3sc(CC4CCNCC4)nn23)C1. The molecule has 102 valence electrons. The summed E-state index contributed by atoms with van der Waals surface area (Å²) in [5.41, 5.74) is 0. The summed E-state index contributed by atoms with van der Waals surface area (Å²) in [5, 5.41) is 18.0. The summed E-state index contributed by atoms with van der Waals surface area (Å²) in [6.45, 7) is 2.31. The molecule has 4 rings (SSSR count). The molecule has 19 heavy (non-hydrogen) atoms. The van der Waals surface area contributed by atoms with Crippen LogP contribution in [0.15, 0.2) is 0 Å². The van der Waals surface area contributed by atoms with Gasteiger partial charge < -0.3 is 5.32 Å². The second kappa shape index (κ2) is 4.83. The highest BCUT2D eigenvalue weighted by Gasteiger charge is 2.26. The molecule has 0 spiro atoms. The Morgan fingerprint density at radius 1 is 1.16 bits per heavy atom. The van der Waals surface area contributed by atoms with Gasteiger partial charge >= 0.3 is 0 Å². The monoisotopic (exact) mass is 277 g/mol. The fourth-order valence-corrected chi connectivity index (χ4v) is 3.96. The van der Waals surface area contributed by atoms with Gasteiger partial charge in [0, 0.05) is 12.3 Å². The maximum atomic E-state index is 4.76. The Kier molecular flexibility index (Phi) is 3.00. The number of piperidine rings is 1. The van der Waals surface area contributed by atoms with Crippen LogP contribution >= 0.6 is 11.3 Å². The second-order valence-corrected chi connectivity index (χ2v) is 6.81. The predicted molar refractivity (Wildman–Crippen MR) is 74.5 cm³/mol. The van der Waals surface area contributed by atoms with E-state index < -0.39 is 0 Å². The minimum atomic E-state index is 0.601. The lowest BCUT2D eigenvalue weighted by Crippen LogP contribution is -2.28. The number of nitrogens with zero attached hydrogens (tertiary/aromatic N) is 4. The van der Waals surface area contributed by atoms with E-state index in [-0.39, 0.29) is 0 Å². The summed E-state index contributed by atoms with van der Waals surface area (Å²) in [7, 11) is 0. The maximum Gasteiger partial charge on any atom is 0.234 e. The molecule has 0 aromatic carbocycles. The van der Waals surface area contributed by atoms with Gasteiger partial charge in [-0.1, -0.05) is 17.8 Å². The fourth-order valence-electron chi connectivity index (χ4n) is 3.01. The summed E-state index contributed by atoms with van der Waals surface area (Å²) in [4.78, 5) is 0.978. The van der Waals surface area contributed by atoms with Gasteiger partial charge in [-0.25, -0.2) is 0 Å². The van der Waals surface area contributed by atoms with Crippen LogP contribution in [-0.4, -0.2) is 32.9 Å². The van der Waals surface area contributed by atoms with E-state index in [1.54, 1.807) is 11.3 Å². The quantitative estimate of drug-likeness (QED) is 0.932. The Bertz CT molecular complexity index is 565. The van der Waals surface area contributed by atoms with E-state index in [0.29, 0.717) is 5.92 Å². The van der Waals surface area contributed by atoms with Crippen molar-refractivity contribution in [3.8, 4) is 0 Å². The first kappa shape index (κ1) is 11.8. The lowest BCUT2D eigenvalue weighted by Gasteiger charge is -2.22. The Balaban J connectivity index is 1.55. The van der Waals surface area contributed by atoms with E-state index in [0.717, 1.165) is 36.2 Å². The average molecular weight is 277 g/mol. The van der Waals surface area contributed by atoms with Crippen LogP contribution in [-0.2, 0) is 6.42 Å². The number of aromatic nitrogens is 4. The molecule has 2 aliphatic rings. The number of fused-ring (bicyclic) bond motifs is 1. The van der Waals surface area contributed by atoms with Gasteiger partial charge in [0.05, 0.1) is 0 Å². The summed E-state index contributed by atoms with van der Waals surface area (Å²) >= 11 is 1.72. The minimum Gasteiger partial charge on any atom is -0.317 e. The predicted octanol–water partition coefficient (Wildman–Crippen LogP) is 2.00. The molecule has 1 aliphatic heterocycles. The standard InChI is InChI=1S/C13H19N5S/c1-2-10(3-1)12-15-16-13-18(12)17-11(19-13)8-9-4-6-14-7-5-9/h9-10,14H,1-8H2. The van der Waals surface area contributed by atoms with Crippen molar-refractivity contribution in [3.05, 3.63) is 10.8 Å². The van der Waals surface area contributed by atoms with Crippen molar-refractivity contribution < 1.29 is 0 Å². The molecule has 0 unspecified atom stereocenters. The summed E-state index contributed by atoms with van der Waals surface area (Å²) < 4.78 is 2.00. The van der Waals surface area contributed by atoms with Crippen LogP contribution in [0, 0.1) is 5.92 Å². The van der Waals surface area contributed by atoms with Crippen molar-refractivity contribution in [1.82, 2.24) is 25.1 Å². The molecular weight excluding hydrogens is 258 g/mol. The molecule has 0 bridgehead atoms. The Morgan fingerprint density at radius 2 is 2.00 bits per heavy atom. The molecule has 3 heterocycles. The van der Waals surface area contributed by atoms with Gasteiger partial charge in [-0.2, -0.15) is 9.61 Å². The van der Waals surface area contributed by atoms with Crippen LogP contribution in [0.3, 0.4) is 0 Å². The van der Waals surface area contributed by atoms with Crippen molar-refractivity contribution in [2.45, 2.75) is 44.4 Å². The number of hydrogen-bond acceptors (Lipinski definition) is 5. The normalized spacial score (nSPS) is 21.9. The highest BCUT2D eigenvalue weighted by Crippen LogP contribution is 2.35. The smallest absolute Gasteiger partial charge is 0.234 e. The van der Waals surface area contributed by atoms with Crippen LogP contribution in [0.5, 0.6) is 0 Å². The van der Waals surface area contributed by atoms with Crippen molar-refractivity contribution in [2.75, 3.05) is 13.1 Å². The fraction of sp³-hybridized carbons (Fsp3) is 0.769. The van der Waals surface area contributed by atoms with E-state index in [2.05, 4.69) is 15.5 Å². The van der Waals surface area contributed by atoms with Crippen LogP contribution < -0.4 is 5.32 Å². The Labute approximate surface area is 116 Å². The molecule has 1 aliphatic carbocycles. The van der Waals surface area contributed by atoms with Gasteiger partial charge in [-0.15, -0.1) is 10.2 Å². The Hall–Kier alpha value is -1.01. The number of hydrogen-bond donors (Lipinski definition) is 1. The highest BCUT2D eigenvalue weighted by atomic mass is 32.1. The summed E-state index contributed by atoms with van der Waals surface area (Å²) in [5.74, 6) is 2.48. The molecule has 1 saturated heterocycles. The second-order valence-electron chi connectivity index (χ2n) is 5.77. The van der Waals surface area contributed by atoms with Gasteiger partial charge in [-0.3, -0.25) is 0 Å². The van der Waals surface area contributed by atoms with Crippen molar-refractivity contribution >= 4 is 16.3 Å². The van der Waals surface area contributed by atoms with Gasteiger partial charge in [0.2, 0.25) is 4.96 Å². The third kappa shape index (κ3) is 2.17. The molecule has 2 fully saturated rings. The van der Waals surface area contributed by atoms with E-state index in [1.807, 2.05) is 4.52 Å². The van der Waals surface area contributed by atoms with Crippen molar-refractivity contribution in [1.29, 1.82) is 0 Å². The van der Waals surface area contributed by atoms with Crippen LogP contribution in [0.25, 0.3) is 4.96 Å². The molecule has 2 aromatic heterocycles. The summed E-state index contributed by atoms with van der Waals surface area (Å²) in [6.07, 6.45) is 7.49. The lowest BCUT2D eigenvalue weighted by molar-refractivity contribution is 0.370. The zero-order valence-corrected chi connectivity index (χ0v) is 11.8. The maximum absolute atomic E-state index is 4.76. The largest absolute Gasteiger partial charge is 0.317 e. The lowest BCUT2D eigenvalue weighted by atomic mass is 9.85. The van der Waals surface area contributed by atoms with Gasteiger partial charge in [-0.05, 0) is 44.7 Å². The van der Waals surface area contributed by atoms with Crippen LogP contribution in [0.2, 0.25) is 0 Å². The third-order valence-corrected chi connectivity index (χ3v) is 5.37. The first-order valence-electron chi connectivity index (χ1n) is 7.32. The molecule has 0 atom stereocenters. The van der Waals surface area contributed by atoms with E-state index >= 15 is 0 Å². The molecular formula is C13H19N5S.